The van der Waals surface area contributed by atoms with Crippen LogP contribution in [0.3, 0.4) is 0 Å². The number of rotatable bonds is 6. The van der Waals surface area contributed by atoms with Gasteiger partial charge in [-0.3, -0.25) is 9.48 Å². The third-order valence-electron chi connectivity index (χ3n) is 7.39. The summed E-state index contributed by atoms with van der Waals surface area (Å²) in [5.41, 5.74) is 2.71. The molecule has 1 aliphatic heterocycles. The molecule has 0 radical (unpaired) electrons. The molecule has 35 heavy (non-hydrogen) atoms. The topological polar surface area (TPSA) is 104 Å². The summed E-state index contributed by atoms with van der Waals surface area (Å²) in [4.78, 5) is 25.3. The van der Waals surface area contributed by atoms with Gasteiger partial charge in [-0.05, 0) is 33.6 Å². The maximum absolute atomic E-state index is 11.7. The number of anilines is 2. The lowest BCUT2D eigenvalue weighted by atomic mass is 10.2. The number of nitrogens with zero attached hydrogens (tertiary/aromatic N) is 7. The SMILES string of the molecule is CC(=O)N1CCN(c2nc(NCc3cn(C4CCCC4)nc3C)c3cn(C(C)C)c(O)c3n2)CC1. The van der Waals surface area contributed by atoms with Crippen molar-refractivity contribution in [2.75, 3.05) is 36.4 Å². The van der Waals surface area contributed by atoms with Crippen molar-refractivity contribution in [3.63, 3.8) is 0 Å². The van der Waals surface area contributed by atoms with Gasteiger partial charge >= 0.3 is 0 Å². The standard InChI is InChI=1S/C25H36N8O2/c1-16(2)32-15-21-22(24(32)35)27-25(31-11-9-30(10-12-31)18(4)34)28-23(21)26-13-19-14-33(29-17(19)3)20-7-5-6-8-20/h14-16,20,35H,5-13H2,1-4H3,(H,26,27,28). The molecule has 188 valence electrons. The average molecular weight is 481 g/mol. The zero-order valence-corrected chi connectivity index (χ0v) is 21.2. The minimum absolute atomic E-state index is 0.0866. The highest BCUT2D eigenvalue weighted by atomic mass is 16.3. The van der Waals surface area contributed by atoms with E-state index in [1.165, 1.54) is 25.7 Å². The quantitative estimate of drug-likeness (QED) is 0.555. The number of amides is 1. The van der Waals surface area contributed by atoms with Gasteiger partial charge in [-0.15, -0.1) is 0 Å². The fraction of sp³-hybridized carbons (Fsp3) is 0.600. The lowest BCUT2D eigenvalue weighted by Gasteiger charge is -2.34. The number of carbonyl (C=O) groups excluding carboxylic acids is 1. The molecule has 0 unspecified atom stereocenters. The van der Waals surface area contributed by atoms with Gasteiger partial charge in [0.05, 0.1) is 17.1 Å². The van der Waals surface area contributed by atoms with Crippen molar-refractivity contribution < 1.29 is 9.90 Å². The summed E-state index contributed by atoms with van der Waals surface area (Å²) in [7, 11) is 0. The summed E-state index contributed by atoms with van der Waals surface area (Å²) >= 11 is 0. The largest absolute Gasteiger partial charge is 0.493 e. The van der Waals surface area contributed by atoms with Crippen molar-refractivity contribution >= 4 is 28.6 Å². The van der Waals surface area contributed by atoms with Gasteiger partial charge in [0, 0.05) is 63.6 Å². The Morgan fingerprint density at radius 3 is 2.51 bits per heavy atom. The fourth-order valence-corrected chi connectivity index (χ4v) is 5.19. The molecule has 0 aromatic carbocycles. The van der Waals surface area contributed by atoms with Gasteiger partial charge in [0.25, 0.3) is 0 Å². The van der Waals surface area contributed by atoms with Crippen molar-refractivity contribution in [2.45, 2.75) is 72.0 Å². The van der Waals surface area contributed by atoms with Crippen LogP contribution in [0.4, 0.5) is 11.8 Å². The van der Waals surface area contributed by atoms with Crippen LogP contribution in [0.5, 0.6) is 5.88 Å². The number of aromatic hydroxyl groups is 1. The van der Waals surface area contributed by atoms with Crippen LogP contribution < -0.4 is 10.2 Å². The highest BCUT2D eigenvalue weighted by Crippen LogP contribution is 2.35. The van der Waals surface area contributed by atoms with E-state index in [9.17, 15) is 9.90 Å². The average Bonchev–Trinajstić information content (AvgIpc) is 3.57. The summed E-state index contributed by atoms with van der Waals surface area (Å²) < 4.78 is 3.96. The lowest BCUT2D eigenvalue weighted by Crippen LogP contribution is -2.48. The number of aryl methyl sites for hydroxylation is 1. The molecule has 2 aliphatic rings. The maximum Gasteiger partial charge on any atom is 0.228 e. The Morgan fingerprint density at radius 2 is 1.86 bits per heavy atom. The lowest BCUT2D eigenvalue weighted by molar-refractivity contribution is -0.129. The zero-order chi connectivity index (χ0) is 24.7. The molecule has 10 nitrogen and oxygen atoms in total. The molecule has 1 amide bonds. The number of nitrogens with one attached hydrogen (secondary N) is 1. The van der Waals surface area contributed by atoms with Crippen molar-refractivity contribution in [1.29, 1.82) is 0 Å². The third-order valence-corrected chi connectivity index (χ3v) is 7.39. The van der Waals surface area contributed by atoms with E-state index in [0.717, 1.165) is 16.6 Å². The Morgan fingerprint density at radius 1 is 1.14 bits per heavy atom. The van der Waals surface area contributed by atoms with E-state index in [1.807, 2.05) is 29.5 Å². The maximum atomic E-state index is 11.7. The third kappa shape index (κ3) is 4.53. The second-order valence-electron chi connectivity index (χ2n) is 10.1. The first-order valence-corrected chi connectivity index (χ1v) is 12.7. The summed E-state index contributed by atoms with van der Waals surface area (Å²) in [5.74, 6) is 1.50. The number of fused-ring (bicyclic) bond motifs is 1. The van der Waals surface area contributed by atoms with Crippen LogP contribution in [-0.2, 0) is 11.3 Å². The van der Waals surface area contributed by atoms with Gasteiger partial charge in [-0.2, -0.15) is 10.1 Å². The van der Waals surface area contributed by atoms with E-state index < -0.39 is 0 Å². The first-order valence-electron chi connectivity index (χ1n) is 12.7. The highest BCUT2D eigenvalue weighted by molar-refractivity contribution is 5.94. The minimum atomic E-state index is 0.0866. The number of hydrogen-bond donors (Lipinski definition) is 2. The van der Waals surface area contributed by atoms with E-state index in [2.05, 4.69) is 28.0 Å². The van der Waals surface area contributed by atoms with E-state index in [1.54, 1.807) is 6.92 Å². The number of piperazine rings is 1. The Hall–Kier alpha value is -3.30. The molecule has 1 saturated carbocycles. The molecular formula is C25H36N8O2. The summed E-state index contributed by atoms with van der Waals surface area (Å²) in [6.45, 7) is 10.9. The Bertz CT molecular complexity index is 1220. The van der Waals surface area contributed by atoms with Crippen LogP contribution in [0, 0.1) is 6.92 Å². The van der Waals surface area contributed by atoms with Crippen LogP contribution in [0.15, 0.2) is 12.4 Å². The number of aromatic nitrogens is 5. The zero-order valence-electron chi connectivity index (χ0n) is 21.2. The number of carbonyl (C=O) groups is 1. The van der Waals surface area contributed by atoms with Crippen molar-refractivity contribution in [3.05, 3.63) is 23.7 Å². The van der Waals surface area contributed by atoms with E-state index in [0.29, 0.717) is 56.0 Å². The van der Waals surface area contributed by atoms with Crippen LogP contribution in [0.1, 0.15) is 69.8 Å². The molecule has 10 heteroatoms. The molecule has 0 bridgehead atoms. The highest BCUT2D eigenvalue weighted by Gasteiger charge is 2.24. The van der Waals surface area contributed by atoms with Gasteiger partial charge in [0.2, 0.25) is 17.7 Å². The second kappa shape index (κ2) is 9.39. The first kappa shape index (κ1) is 23.4. The molecule has 4 heterocycles. The van der Waals surface area contributed by atoms with Gasteiger partial charge < -0.3 is 24.8 Å². The molecule has 1 aliphatic carbocycles. The van der Waals surface area contributed by atoms with E-state index >= 15 is 0 Å². The van der Waals surface area contributed by atoms with Gasteiger partial charge in [-0.25, -0.2) is 4.98 Å². The Kier molecular flexibility index (Phi) is 6.29. The first-order chi connectivity index (χ1) is 16.8. The minimum Gasteiger partial charge on any atom is -0.493 e. The predicted molar refractivity (Wildman–Crippen MR) is 136 cm³/mol. The van der Waals surface area contributed by atoms with Gasteiger partial charge in [0.15, 0.2) is 0 Å². The van der Waals surface area contributed by atoms with Gasteiger partial charge in [-0.1, -0.05) is 12.8 Å². The summed E-state index contributed by atoms with van der Waals surface area (Å²) in [5, 5.41) is 20.0. The Balaban J connectivity index is 1.44. The predicted octanol–water partition coefficient (Wildman–Crippen LogP) is 3.62. The molecule has 3 aromatic heterocycles. The van der Waals surface area contributed by atoms with Crippen LogP contribution >= 0.6 is 0 Å². The molecule has 0 spiro atoms. The van der Waals surface area contributed by atoms with Crippen LogP contribution in [0.25, 0.3) is 10.9 Å². The second-order valence-corrected chi connectivity index (χ2v) is 10.1. The number of hydrogen-bond acceptors (Lipinski definition) is 7. The molecule has 3 aromatic rings. The van der Waals surface area contributed by atoms with Crippen molar-refractivity contribution in [3.8, 4) is 5.88 Å². The van der Waals surface area contributed by atoms with Crippen LogP contribution in [-0.4, -0.2) is 66.4 Å². The smallest absolute Gasteiger partial charge is 0.228 e. The van der Waals surface area contributed by atoms with Crippen molar-refractivity contribution in [2.24, 2.45) is 0 Å². The molecule has 2 fully saturated rings. The summed E-state index contributed by atoms with van der Waals surface area (Å²) in [6.07, 6.45) is 9.02. The molecule has 0 atom stereocenters. The van der Waals surface area contributed by atoms with E-state index in [-0.39, 0.29) is 17.8 Å². The fourth-order valence-electron chi connectivity index (χ4n) is 5.19. The van der Waals surface area contributed by atoms with Crippen LogP contribution in [0.2, 0.25) is 0 Å². The molecule has 5 rings (SSSR count). The van der Waals surface area contributed by atoms with E-state index in [4.69, 9.17) is 15.1 Å². The normalized spacial score (nSPS) is 17.2. The molecule has 2 N–H and O–H groups in total. The molecular weight excluding hydrogens is 444 g/mol. The van der Waals surface area contributed by atoms with Crippen molar-refractivity contribution in [1.82, 2.24) is 29.2 Å². The van der Waals surface area contributed by atoms with Gasteiger partial charge in [0.1, 0.15) is 11.3 Å². The molecule has 1 saturated heterocycles. The Labute approximate surface area is 205 Å². The monoisotopic (exact) mass is 480 g/mol. The summed E-state index contributed by atoms with van der Waals surface area (Å²) in [6, 6.07) is 0.594.